The number of hydrogen-bond acceptors (Lipinski definition) is 8. The van der Waals surface area contributed by atoms with Crippen LogP contribution in [0.5, 0.6) is 17.4 Å². The van der Waals surface area contributed by atoms with E-state index in [0.717, 1.165) is 42.2 Å². The number of hydrogen-bond donors (Lipinski definition) is 1. The third-order valence-electron chi connectivity index (χ3n) is 6.49. The van der Waals surface area contributed by atoms with E-state index in [-0.39, 0.29) is 25.1 Å². The maximum absolute atomic E-state index is 12.3. The second-order valence-corrected chi connectivity index (χ2v) is 9.06. The third-order valence-corrected chi connectivity index (χ3v) is 6.49. The van der Waals surface area contributed by atoms with Crippen LogP contribution in [-0.4, -0.2) is 47.3 Å². The van der Waals surface area contributed by atoms with Gasteiger partial charge in [-0.25, -0.2) is 9.67 Å². The highest BCUT2D eigenvalue weighted by Gasteiger charge is 2.23. The third kappa shape index (κ3) is 5.56. The summed E-state index contributed by atoms with van der Waals surface area (Å²) >= 11 is 0. The molecule has 1 N–H and O–H groups in total. The molecule has 2 aliphatic rings. The lowest BCUT2D eigenvalue weighted by molar-refractivity contribution is -0.143. The van der Waals surface area contributed by atoms with Gasteiger partial charge in [0.15, 0.2) is 11.5 Å². The summed E-state index contributed by atoms with van der Waals surface area (Å²) in [6.45, 7) is 3.84. The Balaban J connectivity index is 1.24. The van der Waals surface area contributed by atoms with Gasteiger partial charge in [-0.05, 0) is 55.5 Å². The first-order valence-electron chi connectivity index (χ1n) is 12.5. The van der Waals surface area contributed by atoms with E-state index in [4.69, 9.17) is 23.9 Å². The lowest BCUT2D eigenvalue weighted by Gasteiger charge is -2.17. The molecule has 190 valence electrons. The van der Waals surface area contributed by atoms with E-state index in [1.165, 1.54) is 5.56 Å². The molecule has 1 aromatic carbocycles. The minimum absolute atomic E-state index is 0.117. The van der Waals surface area contributed by atoms with Gasteiger partial charge in [0, 0.05) is 37.7 Å². The molecule has 3 aromatic rings. The van der Waals surface area contributed by atoms with Crippen molar-refractivity contribution in [2.75, 3.05) is 31.9 Å². The zero-order valence-corrected chi connectivity index (χ0v) is 20.8. The van der Waals surface area contributed by atoms with Crippen LogP contribution in [0.3, 0.4) is 0 Å². The topological polar surface area (TPSA) is 96.7 Å². The Hall–Kier alpha value is -3.75. The lowest BCUT2D eigenvalue weighted by Crippen LogP contribution is -2.14. The SMILES string of the molecule is CCOC(=O)CC(Cc1cc(OCCc2ccc3c(n2)NCCC3)n(C)n1)c1ccc2c(c1)OCO2. The van der Waals surface area contributed by atoms with Crippen molar-refractivity contribution in [2.45, 2.75) is 44.9 Å². The molecule has 1 unspecified atom stereocenters. The second kappa shape index (κ2) is 10.9. The molecule has 1 atom stereocenters. The fourth-order valence-electron chi connectivity index (χ4n) is 4.66. The number of nitrogens with zero attached hydrogens (tertiary/aromatic N) is 3. The molecule has 0 spiro atoms. The number of aryl methyl sites for hydroxylation is 2. The summed E-state index contributed by atoms with van der Waals surface area (Å²) in [5.74, 6) is 2.73. The average Bonchev–Trinajstić information content (AvgIpc) is 3.49. The molecule has 9 nitrogen and oxygen atoms in total. The molecule has 9 heteroatoms. The number of benzene rings is 1. The van der Waals surface area contributed by atoms with Crippen molar-refractivity contribution in [1.29, 1.82) is 0 Å². The Bertz CT molecular complexity index is 1220. The van der Waals surface area contributed by atoms with Crippen molar-refractivity contribution in [3.8, 4) is 17.4 Å². The first kappa shape index (κ1) is 24.0. The van der Waals surface area contributed by atoms with Crippen LogP contribution in [-0.2, 0) is 35.8 Å². The summed E-state index contributed by atoms with van der Waals surface area (Å²) in [6.07, 6.45) is 3.74. The van der Waals surface area contributed by atoms with Gasteiger partial charge in [0.25, 0.3) is 0 Å². The maximum Gasteiger partial charge on any atom is 0.306 e. The first-order valence-corrected chi connectivity index (χ1v) is 12.5. The van der Waals surface area contributed by atoms with Crippen molar-refractivity contribution in [1.82, 2.24) is 14.8 Å². The number of carbonyl (C=O) groups excluding carboxylic acids is 1. The molecule has 0 bridgehead atoms. The minimum atomic E-state index is -0.236. The van der Waals surface area contributed by atoms with Crippen molar-refractivity contribution in [2.24, 2.45) is 7.05 Å². The smallest absolute Gasteiger partial charge is 0.306 e. The molecule has 0 radical (unpaired) electrons. The largest absolute Gasteiger partial charge is 0.477 e. The predicted octanol–water partition coefficient (Wildman–Crippen LogP) is 3.80. The molecule has 0 saturated heterocycles. The highest BCUT2D eigenvalue weighted by atomic mass is 16.7. The van der Waals surface area contributed by atoms with Crippen molar-refractivity contribution in [3.63, 3.8) is 0 Å². The number of anilines is 1. The van der Waals surface area contributed by atoms with Crippen LogP contribution in [0.15, 0.2) is 36.4 Å². The van der Waals surface area contributed by atoms with E-state index in [2.05, 4.69) is 22.5 Å². The van der Waals surface area contributed by atoms with Gasteiger partial charge in [-0.15, -0.1) is 0 Å². The van der Waals surface area contributed by atoms with Gasteiger partial charge in [0.2, 0.25) is 12.7 Å². The van der Waals surface area contributed by atoms with E-state index in [1.807, 2.05) is 38.2 Å². The summed E-state index contributed by atoms with van der Waals surface area (Å²) in [6, 6.07) is 12.0. The van der Waals surface area contributed by atoms with Crippen molar-refractivity contribution >= 4 is 11.8 Å². The zero-order chi connectivity index (χ0) is 24.9. The summed E-state index contributed by atoms with van der Waals surface area (Å²) in [7, 11) is 1.86. The van der Waals surface area contributed by atoms with Crippen LogP contribution >= 0.6 is 0 Å². The summed E-state index contributed by atoms with van der Waals surface area (Å²) in [5.41, 5.74) is 4.10. The Morgan fingerprint density at radius 2 is 2.06 bits per heavy atom. The standard InChI is InChI=1S/C27H32N4O5/c1-3-33-26(32)15-20(19-7-9-23-24(14-19)36-17-35-23)13-22-16-25(31(2)30-22)34-12-10-21-8-6-18-5-4-11-28-27(18)29-21/h6-9,14,16,20H,3-5,10-13,15,17H2,1-2H3,(H,28,29). The van der Waals surface area contributed by atoms with Gasteiger partial charge in [-0.3, -0.25) is 4.79 Å². The Morgan fingerprint density at radius 3 is 2.94 bits per heavy atom. The quantitative estimate of drug-likeness (QED) is 0.427. The van der Waals surface area contributed by atoms with Gasteiger partial charge in [-0.2, -0.15) is 5.10 Å². The normalized spacial score (nSPS) is 14.6. The van der Waals surface area contributed by atoms with Crippen LogP contribution in [0, 0.1) is 0 Å². The van der Waals surface area contributed by atoms with E-state index in [9.17, 15) is 4.79 Å². The van der Waals surface area contributed by atoms with Crippen LogP contribution in [0.2, 0.25) is 0 Å². The fraction of sp³-hybridized carbons (Fsp3) is 0.444. The zero-order valence-electron chi connectivity index (χ0n) is 20.8. The number of aromatic nitrogens is 3. The number of ether oxygens (including phenoxy) is 4. The molecular formula is C27H32N4O5. The number of fused-ring (bicyclic) bond motifs is 2. The summed E-state index contributed by atoms with van der Waals surface area (Å²) in [4.78, 5) is 17.1. The van der Waals surface area contributed by atoms with Gasteiger partial charge in [0.1, 0.15) is 5.82 Å². The van der Waals surface area contributed by atoms with Gasteiger partial charge >= 0.3 is 5.97 Å². The molecular weight excluding hydrogens is 460 g/mol. The van der Waals surface area contributed by atoms with Crippen molar-refractivity contribution < 1.29 is 23.7 Å². The summed E-state index contributed by atoms with van der Waals surface area (Å²) in [5, 5.41) is 8.02. The van der Waals surface area contributed by atoms with Crippen LogP contribution in [0.1, 0.15) is 48.2 Å². The highest BCUT2D eigenvalue weighted by molar-refractivity contribution is 5.70. The molecule has 0 saturated carbocycles. The number of esters is 1. The predicted molar refractivity (Wildman–Crippen MR) is 134 cm³/mol. The Morgan fingerprint density at radius 1 is 1.17 bits per heavy atom. The van der Waals surface area contributed by atoms with Gasteiger partial charge in [0.05, 0.1) is 25.3 Å². The van der Waals surface area contributed by atoms with E-state index in [0.29, 0.717) is 43.4 Å². The number of pyridine rings is 1. The van der Waals surface area contributed by atoms with E-state index < -0.39 is 0 Å². The Labute approximate surface area is 210 Å². The fourth-order valence-corrected chi connectivity index (χ4v) is 4.66. The number of nitrogens with one attached hydrogen (secondary N) is 1. The molecule has 0 aliphatic carbocycles. The summed E-state index contributed by atoms with van der Waals surface area (Å²) < 4.78 is 24.0. The van der Waals surface area contributed by atoms with Crippen LogP contribution < -0.4 is 19.5 Å². The first-order chi connectivity index (χ1) is 17.6. The van der Waals surface area contributed by atoms with Crippen LogP contribution in [0.4, 0.5) is 5.82 Å². The van der Waals surface area contributed by atoms with E-state index >= 15 is 0 Å². The minimum Gasteiger partial charge on any atom is -0.477 e. The molecule has 0 fully saturated rings. The highest BCUT2D eigenvalue weighted by Crippen LogP contribution is 2.36. The monoisotopic (exact) mass is 492 g/mol. The van der Waals surface area contributed by atoms with E-state index in [1.54, 1.807) is 4.68 Å². The maximum atomic E-state index is 12.3. The molecule has 5 rings (SSSR count). The molecule has 2 aliphatic heterocycles. The number of carbonyl (C=O) groups is 1. The molecule has 2 aromatic heterocycles. The molecule has 4 heterocycles. The molecule has 36 heavy (non-hydrogen) atoms. The lowest BCUT2D eigenvalue weighted by atomic mass is 9.91. The Kier molecular flexibility index (Phi) is 7.25. The van der Waals surface area contributed by atoms with Gasteiger partial charge in [-0.1, -0.05) is 12.1 Å². The van der Waals surface area contributed by atoms with Gasteiger partial charge < -0.3 is 24.3 Å². The van der Waals surface area contributed by atoms with Crippen LogP contribution in [0.25, 0.3) is 0 Å². The van der Waals surface area contributed by atoms with Crippen molar-refractivity contribution in [3.05, 3.63) is 58.9 Å². The number of rotatable bonds is 10. The molecule has 0 amide bonds. The second-order valence-electron chi connectivity index (χ2n) is 9.06. The average molecular weight is 493 g/mol.